The molecule has 5 rings (SSSR count). The Morgan fingerprint density at radius 3 is 2.74 bits per heavy atom. The second-order valence-electron chi connectivity index (χ2n) is 9.52. The van der Waals surface area contributed by atoms with E-state index in [1.54, 1.807) is 29.2 Å². The molecular formula is C27H30ClN9O. The standard InChI is InChI=1S/C27H30ClN9O/c1-16(10-12-38-27-24(17(2)35-37(27)4)26-30-11-9-23(29)34-26)33-21-13-22(28)31-14-19(21)7-8-20-15-32-36(3)25(20)18-5-6-18/h9,11,13-16,18H,5-6,10,12H2,1-4H3,(H,31,33)(H2,29,30,34)/t16-/m0/s1. The van der Waals surface area contributed by atoms with Crippen molar-refractivity contribution in [1.29, 1.82) is 0 Å². The highest BCUT2D eigenvalue weighted by molar-refractivity contribution is 6.29. The summed E-state index contributed by atoms with van der Waals surface area (Å²) in [4.78, 5) is 12.9. The normalized spacial score (nSPS) is 13.6. The zero-order chi connectivity index (χ0) is 26.8. The lowest BCUT2D eigenvalue weighted by atomic mass is 10.1. The molecule has 1 saturated carbocycles. The van der Waals surface area contributed by atoms with Gasteiger partial charge in [-0.05, 0) is 38.8 Å². The maximum atomic E-state index is 6.22. The Kier molecular flexibility index (Phi) is 7.20. The lowest BCUT2D eigenvalue weighted by Gasteiger charge is -2.17. The zero-order valence-electron chi connectivity index (χ0n) is 21.9. The molecule has 0 saturated heterocycles. The lowest BCUT2D eigenvalue weighted by Crippen LogP contribution is -2.19. The summed E-state index contributed by atoms with van der Waals surface area (Å²) in [6.07, 6.45) is 8.25. The minimum Gasteiger partial charge on any atom is -0.477 e. The first kappa shape index (κ1) is 25.5. The monoisotopic (exact) mass is 531 g/mol. The van der Waals surface area contributed by atoms with Crippen LogP contribution >= 0.6 is 11.6 Å². The molecule has 4 heterocycles. The van der Waals surface area contributed by atoms with Crippen molar-refractivity contribution in [2.24, 2.45) is 14.1 Å². The van der Waals surface area contributed by atoms with Gasteiger partial charge in [-0.3, -0.25) is 4.68 Å². The topological polar surface area (TPSA) is 122 Å². The molecule has 1 atom stereocenters. The molecule has 1 fully saturated rings. The molecule has 0 aromatic carbocycles. The summed E-state index contributed by atoms with van der Waals surface area (Å²) in [6, 6.07) is 3.51. The second kappa shape index (κ2) is 10.7. The van der Waals surface area contributed by atoms with E-state index < -0.39 is 0 Å². The van der Waals surface area contributed by atoms with Crippen molar-refractivity contribution >= 4 is 23.1 Å². The number of aryl methyl sites for hydroxylation is 3. The number of hydrogen-bond acceptors (Lipinski definition) is 8. The summed E-state index contributed by atoms with van der Waals surface area (Å²) < 4.78 is 9.78. The van der Waals surface area contributed by atoms with E-state index in [4.69, 9.17) is 22.1 Å². The van der Waals surface area contributed by atoms with Crippen LogP contribution < -0.4 is 15.8 Å². The molecule has 196 valence electrons. The molecule has 1 aliphatic rings. The zero-order valence-corrected chi connectivity index (χ0v) is 22.6. The van der Waals surface area contributed by atoms with E-state index in [2.05, 4.69) is 49.2 Å². The van der Waals surface area contributed by atoms with Crippen LogP contribution in [0, 0.1) is 18.8 Å². The summed E-state index contributed by atoms with van der Waals surface area (Å²) >= 11 is 6.22. The molecule has 0 unspecified atom stereocenters. The Hall–Kier alpha value is -4.10. The number of nitrogen functional groups attached to an aromatic ring is 1. The number of pyridine rings is 1. The predicted molar refractivity (Wildman–Crippen MR) is 147 cm³/mol. The third kappa shape index (κ3) is 5.58. The van der Waals surface area contributed by atoms with Gasteiger partial charge >= 0.3 is 0 Å². The highest BCUT2D eigenvalue weighted by atomic mass is 35.5. The summed E-state index contributed by atoms with van der Waals surface area (Å²) in [6.45, 7) is 4.42. The average molecular weight is 532 g/mol. The van der Waals surface area contributed by atoms with Gasteiger partial charge in [-0.25, -0.2) is 19.6 Å². The van der Waals surface area contributed by atoms with Gasteiger partial charge in [0.05, 0.1) is 41.0 Å². The van der Waals surface area contributed by atoms with Crippen LogP contribution in [0.1, 0.15) is 54.6 Å². The van der Waals surface area contributed by atoms with Gasteiger partial charge in [-0.1, -0.05) is 23.4 Å². The maximum absolute atomic E-state index is 6.22. The van der Waals surface area contributed by atoms with Crippen molar-refractivity contribution in [2.75, 3.05) is 17.7 Å². The lowest BCUT2D eigenvalue weighted by molar-refractivity contribution is 0.280. The number of hydrogen-bond donors (Lipinski definition) is 2. The van der Waals surface area contributed by atoms with E-state index in [1.165, 1.54) is 18.5 Å². The van der Waals surface area contributed by atoms with Crippen molar-refractivity contribution in [3.8, 4) is 29.1 Å². The van der Waals surface area contributed by atoms with Gasteiger partial charge in [0, 0.05) is 44.9 Å². The van der Waals surface area contributed by atoms with E-state index in [9.17, 15) is 0 Å². The number of rotatable bonds is 8. The van der Waals surface area contributed by atoms with E-state index in [1.807, 2.05) is 31.9 Å². The number of anilines is 2. The molecule has 11 heteroatoms. The molecule has 0 spiro atoms. The minimum atomic E-state index is 0.0656. The van der Waals surface area contributed by atoms with Crippen molar-refractivity contribution in [1.82, 2.24) is 34.5 Å². The van der Waals surface area contributed by atoms with Crippen LogP contribution in [0.25, 0.3) is 11.4 Å². The molecule has 0 aliphatic heterocycles. The molecule has 0 radical (unpaired) electrons. The highest BCUT2D eigenvalue weighted by Gasteiger charge is 2.29. The van der Waals surface area contributed by atoms with Gasteiger partial charge in [0.1, 0.15) is 16.5 Å². The third-order valence-electron chi connectivity index (χ3n) is 6.41. The Morgan fingerprint density at radius 1 is 1.18 bits per heavy atom. The van der Waals surface area contributed by atoms with Crippen LogP contribution in [0.5, 0.6) is 5.88 Å². The van der Waals surface area contributed by atoms with Crippen LogP contribution in [-0.2, 0) is 14.1 Å². The van der Waals surface area contributed by atoms with Crippen molar-refractivity contribution in [2.45, 2.75) is 45.1 Å². The number of ether oxygens (including phenoxy) is 1. The highest BCUT2D eigenvalue weighted by Crippen LogP contribution is 2.41. The Balaban J connectivity index is 1.27. The number of nitrogens with one attached hydrogen (secondary N) is 1. The van der Waals surface area contributed by atoms with Gasteiger partial charge in [0.2, 0.25) is 5.88 Å². The quantitative estimate of drug-likeness (QED) is 0.257. The Morgan fingerprint density at radius 2 is 1.97 bits per heavy atom. The van der Waals surface area contributed by atoms with Crippen LogP contribution in [0.2, 0.25) is 5.15 Å². The molecule has 0 amide bonds. The second-order valence-corrected chi connectivity index (χ2v) is 9.91. The molecule has 4 aromatic rings. The van der Waals surface area contributed by atoms with Gasteiger partial charge in [-0.2, -0.15) is 10.2 Å². The van der Waals surface area contributed by atoms with E-state index in [-0.39, 0.29) is 6.04 Å². The fourth-order valence-corrected chi connectivity index (χ4v) is 4.55. The Bertz CT molecular complexity index is 1530. The fraction of sp³-hybridized carbons (Fsp3) is 0.370. The largest absolute Gasteiger partial charge is 0.477 e. The summed E-state index contributed by atoms with van der Waals surface area (Å²) in [5.74, 6) is 8.60. The van der Waals surface area contributed by atoms with Crippen molar-refractivity contribution in [3.63, 3.8) is 0 Å². The molecule has 3 N–H and O–H groups in total. The average Bonchev–Trinajstić information content (AvgIpc) is 3.57. The Labute approximate surface area is 226 Å². The first-order valence-electron chi connectivity index (χ1n) is 12.5. The van der Waals surface area contributed by atoms with Crippen LogP contribution in [0.4, 0.5) is 11.5 Å². The van der Waals surface area contributed by atoms with E-state index in [0.717, 1.165) is 28.1 Å². The summed E-state index contributed by atoms with van der Waals surface area (Å²) in [5, 5.41) is 12.8. The molecule has 0 bridgehead atoms. The van der Waals surface area contributed by atoms with Crippen LogP contribution in [0.3, 0.4) is 0 Å². The maximum Gasteiger partial charge on any atom is 0.223 e. The smallest absolute Gasteiger partial charge is 0.223 e. The van der Waals surface area contributed by atoms with E-state index >= 15 is 0 Å². The predicted octanol–water partition coefficient (Wildman–Crippen LogP) is 4.10. The number of halogens is 1. The number of aromatic nitrogens is 7. The molecule has 38 heavy (non-hydrogen) atoms. The van der Waals surface area contributed by atoms with Gasteiger partial charge in [0.15, 0.2) is 5.82 Å². The SMILES string of the molecule is Cc1nn(C)c(OCC[C@H](C)Nc2cc(Cl)ncc2C#Cc2cnn(C)c2C2CC2)c1-c1nccc(N)n1. The summed E-state index contributed by atoms with van der Waals surface area (Å²) in [7, 11) is 3.80. The van der Waals surface area contributed by atoms with Gasteiger partial charge < -0.3 is 15.8 Å². The van der Waals surface area contributed by atoms with Gasteiger partial charge in [-0.15, -0.1) is 0 Å². The van der Waals surface area contributed by atoms with Crippen LogP contribution in [-0.4, -0.2) is 47.2 Å². The van der Waals surface area contributed by atoms with E-state index in [0.29, 0.717) is 41.6 Å². The first-order chi connectivity index (χ1) is 18.3. The van der Waals surface area contributed by atoms with Gasteiger partial charge in [0.25, 0.3) is 0 Å². The molecule has 1 aliphatic carbocycles. The van der Waals surface area contributed by atoms with Crippen molar-refractivity contribution in [3.05, 3.63) is 58.4 Å². The molecule has 10 nitrogen and oxygen atoms in total. The molecule has 4 aromatic heterocycles. The molecular weight excluding hydrogens is 502 g/mol. The minimum absolute atomic E-state index is 0.0656. The van der Waals surface area contributed by atoms with Crippen molar-refractivity contribution < 1.29 is 4.74 Å². The first-order valence-corrected chi connectivity index (χ1v) is 12.9. The summed E-state index contributed by atoms with van der Waals surface area (Å²) in [5.41, 5.74) is 11.1. The fourth-order valence-electron chi connectivity index (χ4n) is 4.39. The number of nitrogens with zero attached hydrogens (tertiary/aromatic N) is 7. The third-order valence-corrected chi connectivity index (χ3v) is 6.62. The number of nitrogens with two attached hydrogens (primary N) is 1. The van der Waals surface area contributed by atoms with Crippen LogP contribution in [0.15, 0.2) is 30.7 Å².